The fraction of sp³-hybridized carbons (Fsp3) is 0.176. The highest BCUT2D eigenvalue weighted by atomic mass is 35.5. The van der Waals surface area contributed by atoms with Gasteiger partial charge < -0.3 is 10.6 Å². The number of nitrogens with one attached hydrogen (secondary N) is 2. The fourth-order valence-electron chi connectivity index (χ4n) is 2.10. The van der Waals surface area contributed by atoms with Crippen LogP contribution in [0.25, 0.3) is 0 Å². The molecule has 2 aromatic carbocycles. The topological polar surface area (TPSA) is 64.9 Å². The van der Waals surface area contributed by atoms with E-state index in [4.69, 9.17) is 16.9 Å². The van der Waals surface area contributed by atoms with Crippen molar-refractivity contribution in [2.75, 3.05) is 17.2 Å². The van der Waals surface area contributed by atoms with Crippen molar-refractivity contribution in [3.8, 4) is 6.07 Å². The minimum absolute atomic E-state index is 0.112. The van der Waals surface area contributed by atoms with Crippen LogP contribution in [0.4, 0.5) is 11.4 Å². The molecule has 0 bridgehead atoms. The highest BCUT2D eigenvalue weighted by molar-refractivity contribution is 6.31. The van der Waals surface area contributed by atoms with Crippen molar-refractivity contribution in [1.82, 2.24) is 0 Å². The van der Waals surface area contributed by atoms with E-state index in [9.17, 15) is 4.79 Å². The van der Waals surface area contributed by atoms with Gasteiger partial charge in [-0.2, -0.15) is 5.26 Å². The number of rotatable bonds is 4. The Morgan fingerprint density at radius 1 is 1.18 bits per heavy atom. The molecule has 0 spiro atoms. The number of carbonyl (C=O) groups excluding carboxylic acids is 1. The molecular formula is C17H16ClN3O. The second kappa shape index (κ2) is 6.97. The SMILES string of the molecule is Cc1ccc(NCC(=O)Nc2cc(Cl)ccc2C#N)c(C)c1. The normalized spacial score (nSPS) is 9.91. The number of benzene rings is 2. The number of carbonyl (C=O) groups is 1. The van der Waals surface area contributed by atoms with Gasteiger partial charge >= 0.3 is 0 Å². The summed E-state index contributed by atoms with van der Waals surface area (Å²) in [7, 11) is 0. The van der Waals surface area contributed by atoms with Crippen LogP contribution < -0.4 is 10.6 Å². The lowest BCUT2D eigenvalue weighted by molar-refractivity contribution is -0.114. The molecule has 5 heteroatoms. The van der Waals surface area contributed by atoms with Crippen LogP contribution in [0.3, 0.4) is 0 Å². The van der Waals surface area contributed by atoms with Crippen LogP contribution in [0.15, 0.2) is 36.4 Å². The first kappa shape index (κ1) is 15.9. The van der Waals surface area contributed by atoms with E-state index in [1.165, 1.54) is 5.56 Å². The maximum atomic E-state index is 12.0. The van der Waals surface area contributed by atoms with Crippen molar-refractivity contribution in [3.05, 3.63) is 58.1 Å². The first-order valence-corrected chi connectivity index (χ1v) is 7.18. The van der Waals surface area contributed by atoms with Crippen molar-refractivity contribution in [2.24, 2.45) is 0 Å². The van der Waals surface area contributed by atoms with Gasteiger partial charge in [0.25, 0.3) is 0 Å². The lowest BCUT2D eigenvalue weighted by Gasteiger charge is -2.11. The number of halogens is 1. The number of amides is 1. The summed E-state index contributed by atoms with van der Waals surface area (Å²) < 4.78 is 0. The van der Waals surface area contributed by atoms with Crippen LogP contribution in [-0.4, -0.2) is 12.5 Å². The molecule has 0 aromatic heterocycles. The average molecular weight is 314 g/mol. The zero-order valence-corrected chi connectivity index (χ0v) is 13.2. The number of anilines is 2. The molecule has 0 saturated carbocycles. The number of nitriles is 1. The molecule has 0 unspecified atom stereocenters. The van der Waals surface area contributed by atoms with E-state index in [0.29, 0.717) is 16.3 Å². The molecule has 4 nitrogen and oxygen atoms in total. The van der Waals surface area contributed by atoms with Crippen LogP contribution >= 0.6 is 11.6 Å². The molecule has 2 rings (SSSR count). The molecule has 1 amide bonds. The Kier molecular flexibility index (Phi) is 5.03. The van der Waals surface area contributed by atoms with E-state index in [1.54, 1.807) is 18.2 Å². The molecule has 0 aliphatic heterocycles. The third-order valence-electron chi connectivity index (χ3n) is 3.20. The number of hydrogen-bond acceptors (Lipinski definition) is 3. The summed E-state index contributed by atoms with van der Waals surface area (Å²) in [5.74, 6) is -0.237. The van der Waals surface area contributed by atoms with Gasteiger partial charge in [-0.15, -0.1) is 0 Å². The lowest BCUT2D eigenvalue weighted by Crippen LogP contribution is -2.22. The van der Waals surface area contributed by atoms with Crippen LogP contribution in [0.2, 0.25) is 5.02 Å². The highest BCUT2D eigenvalue weighted by Crippen LogP contribution is 2.20. The Labute approximate surface area is 134 Å². The van der Waals surface area contributed by atoms with Crippen molar-refractivity contribution >= 4 is 28.9 Å². The largest absolute Gasteiger partial charge is 0.376 e. The Morgan fingerprint density at radius 3 is 2.64 bits per heavy atom. The Morgan fingerprint density at radius 2 is 1.95 bits per heavy atom. The molecular weight excluding hydrogens is 298 g/mol. The van der Waals surface area contributed by atoms with Gasteiger partial charge in [-0.3, -0.25) is 4.79 Å². The van der Waals surface area contributed by atoms with Crippen LogP contribution in [-0.2, 0) is 4.79 Å². The summed E-state index contributed by atoms with van der Waals surface area (Å²) in [4.78, 5) is 12.0. The first-order chi connectivity index (χ1) is 10.5. The van der Waals surface area contributed by atoms with Crippen molar-refractivity contribution in [1.29, 1.82) is 5.26 Å². The average Bonchev–Trinajstić information content (AvgIpc) is 2.46. The van der Waals surface area contributed by atoms with Crippen molar-refractivity contribution in [2.45, 2.75) is 13.8 Å². The molecule has 0 atom stereocenters. The van der Waals surface area contributed by atoms with E-state index < -0.39 is 0 Å². The molecule has 0 aliphatic rings. The Balaban J connectivity index is 2.02. The van der Waals surface area contributed by atoms with Crippen LogP contribution in [0, 0.1) is 25.2 Å². The van der Waals surface area contributed by atoms with E-state index in [-0.39, 0.29) is 12.5 Å². The first-order valence-electron chi connectivity index (χ1n) is 6.80. The fourth-order valence-corrected chi connectivity index (χ4v) is 2.27. The quantitative estimate of drug-likeness (QED) is 0.900. The van der Waals surface area contributed by atoms with Gasteiger partial charge in [0.05, 0.1) is 17.8 Å². The maximum Gasteiger partial charge on any atom is 0.243 e. The van der Waals surface area contributed by atoms with Gasteiger partial charge in [0, 0.05) is 10.7 Å². The summed E-state index contributed by atoms with van der Waals surface area (Å²) in [6, 6.07) is 12.8. The van der Waals surface area contributed by atoms with E-state index in [2.05, 4.69) is 10.6 Å². The Hall–Kier alpha value is -2.51. The van der Waals surface area contributed by atoms with E-state index >= 15 is 0 Å². The van der Waals surface area contributed by atoms with Crippen LogP contribution in [0.1, 0.15) is 16.7 Å². The monoisotopic (exact) mass is 313 g/mol. The van der Waals surface area contributed by atoms with Gasteiger partial charge in [0.1, 0.15) is 6.07 Å². The van der Waals surface area contributed by atoms with E-state index in [1.807, 2.05) is 38.1 Å². The Bertz CT molecular complexity index is 750. The van der Waals surface area contributed by atoms with Gasteiger partial charge in [-0.05, 0) is 43.7 Å². The standard InChI is InChI=1S/C17H16ClN3O/c1-11-3-6-15(12(2)7-11)20-10-17(22)21-16-8-14(18)5-4-13(16)9-19/h3-8,20H,10H2,1-2H3,(H,21,22). The molecule has 112 valence electrons. The predicted octanol–water partition coefficient (Wildman–Crippen LogP) is 3.88. The zero-order chi connectivity index (χ0) is 16.1. The van der Waals surface area contributed by atoms with Crippen molar-refractivity contribution < 1.29 is 4.79 Å². The summed E-state index contributed by atoms with van der Waals surface area (Å²) in [6.07, 6.45) is 0. The summed E-state index contributed by atoms with van der Waals surface area (Å²) in [5.41, 5.74) is 3.96. The minimum atomic E-state index is -0.237. The molecule has 2 aromatic rings. The van der Waals surface area contributed by atoms with Gasteiger partial charge in [-0.25, -0.2) is 0 Å². The molecule has 0 radical (unpaired) electrons. The lowest BCUT2D eigenvalue weighted by atomic mass is 10.1. The molecule has 22 heavy (non-hydrogen) atoms. The molecule has 0 heterocycles. The smallest absolute Gasteiger partial charge is 0.243 e. The molecule has 2 N–H and O–H groups in total. The van der Waals surface area contributed by atoms with E-state index in [0.717, 1.165) is 11.3 Å². The number of nitrogens with zero attached hydrogens (tertiary/aromatic N) is 1. The summed E-state index contributed by atoms with van der Waals surface area (Å²) in [5, 5.41) is 15.3. The summed E-state index contributed by atoms with van der Waals surface area (Å²) >= 11 is 5.89. The molecule has 0 aliphatic carbocycles. The van der Waals surface area contributed by atoms with Crippen molar-refractivity contribution in [3.63, 3.8) is 0 Å². The third-order valence-corrected chi connectivity index (χ3v) is 3.43. The highest BCUT2D eigenvalue weighted by Gasteiger charge is 2.08. The van der Waals surface area contributed by atoms with Crippen LogP contribution in [0.5, 0.6) is 0 Å². The van der Waals surface area contributed by atoms with Gasteiger partial charge in [-0.1, -0.05) is 29.3 Å². The number of hydrogen-bond donors (Lipinski definition) is 2. The summed E-state index contributed by atoms with van der Waals surface area (Å²) in [6.45, 7) is 4.12. The second-order valence-corrected chi connectivity index (χ2v) is 5.46. The van der Waals surface area contributed by atoms with Gasteiger partial charge in [0.15, 0.2) is 0 Å². The molecule has 0 saturated heterocycles. The number of aryl methyl sites for hydroxylation is 2. The minimum Gasteiger partial charge on any atom is -0.376 e. The van der Waals surface area contributed by atoms with Gasteiger partial charge in [0.2, 0.25) is 5.91 Å². The second-order valence-electron chi connectivity index (χ2n) is 5.02. The third kappa shape index (κ3) is 4.00. The zero-order valence-electron chi connectivity index (χ0n) is 12.4. The predicted molar refractivity (Wildman–Crippen MR) is 89.2 cm³/mol. The maximum absolute atomic E-state index is 12.0. The molecule has 0 fully saturated rings.